The lowest BCUT2D eigenvalue weighted by molar-refractivity contribution is 0.488. The highest BCUT2D eigenvalue weighted by molar-refractivity contribution is 7.92. The van der Waals surface area contributed by atoms with Gasteiger partial charge in [0.25, 0.3) is 5.56 Å². The van der Waals surface area contributed by atoms with Crippen LogP contribution in [0.3, 0.4) is 0 Å². The Morgan fingerprint density at radius 1 is 1.06 bits per heavy atom. The van der Waals surface area contributed by atoms with Crippen LogP contribution in [0.1, 0.15) is 6.92 Å². The van der Waals surface area contributed by atoms with E-state index in [4.69, 9.17) is 4.74 Å². The maximum atomic E-state index is 12.8. The molecule has 0 bridgehead atoms. The second-order valence-electron chi connectivity index (χ2n) is 7.54. The van der Waals surface area contributed by atoms with Crippen molar-refractivity contribution in [2.24, 2.45) is 14.1 Å². The predicted octanol–water partition coefficient (Wildman–Crippen LogP) is 3.47. The minimum absolute atomic E-state index is 0.0258. The fourth-order valence-corrected chi connectivity index (χ4v) is 4.52. The molecule has 2 aromatic carbocycles. The molecule has 0 fully saturated rings. The molecule has 5 rings (SSSR count). The third-order valence-electron chi connectivity index (χ3n) is 5.45. The summed E-state index contributed by atoms with van der Waals surface area (Å²) < 4.78 is 36.2. The number of nitrogens with one attached hydrogen (secondary N) is 1. The maximum absolute atomic E-state index is 12.8. The van der Waals surface area contributed by atoms with Crippen LogP contribution in [0.25, 0.3) is 33.0 Å². The number of sulfonamides is 1. The topological polar surface area (TPSA) is 95.2 Å². The van der Waals surface area contributed by atoms with Gasteiger partial charge in [-0.1, -0.05) is 0 Å². The molecule has 0 saturated heterocycles. The molecule has 0 unspecified atom stereocenters. The molecule has 8 nitrogen and oxygen atoms in total. The molecule has 0 spiro atoms. The summed E-state index contributed by atoms with van der Waals surface area (Å²) in [6, 6.07) is 8.81. The summed E-state index contributed by atoms with van der Waals surface area (Å²) in [5, 5.41) is 5.49. The van der Waals surface area contributed by atoms with E-state index < -0.39 is 10.0 Å². The first-order valence-corrected chi connectivity index (χ1v) is 11.4. The largest absolute Gasteiger partial charge is 0.455 e. The van der Waals surface area contributed by atoms with Crippen LogP contribution in [-0.4, -0.2) is 28.5 Å². The third kappa shape index (κ3) is 3.09. The van der Waals surface area contributed by atoms with Crippen molar-refractivity contribution in [1.29, 1.82) is 0 Å². The van der Waals surface area contributed by atoms with E-state index in [2.05, 4.69) is 9.82 Å². The van der Waals surface area contributed by atoms with E-state index in [1.165, 1.54) is 4.57 Å². The van der Waals surface area contributed by atoms with Crippen LogP contribution < -0.4 is 15.0 Å². The number of rotatable bonds is 4. The average Bonchev–Trinajstić information content (AvgIpc) is 3.17. The lowest BCUT2D eigenvalue weighted by Crippen LogP contribution is -2.18. The molecule has 9 heteroatoms. The van der Waals surface area contributed by atoms with Crippen molar-refractivity contribution >= 4 is 26.5 Å². The summed E-state index contributed by atoms with van der Waals surface area (Å²) >= 11 is 0. The SMILES string of the molecule is CCS(=O)(=O)Nc1ccc2c(c1)-c1cn(C)c(=O)c3ccc(-c4cnn(C)c4)c(c13)O2. The van der Waals surface area contributed by atoms with Crippen molar-refractivity contribution in [3.8, 4) is 33.8 Å². The summed E-state index contributed by atoms with van der Waals surface area (Å²) in [6.07, 6.45) is 5.40. The van der Waals surface area contributed by atoms with Gasteiger partial charge in [0.1, 0.15) is 11.5 Å². The Labute approximate surface area is 178 Å². The highest BCUT2D eigenvalue weighted by Gasteiger charge is 2.26. The van der Waals surface area contributed by atoms with E-state index in [0.29, 0.717) is 33.5 Å². The first-order valence-electron chi connectivity index (χ1n) is 9.75. The van der Waals surface area contributed by atoms with Gasteiger partial charge in [-0.15, -0.1) is 0 Å². The Hall–Kier alpha value is -3.59. The molecule has 0 radical (unpaired) electrons. The Bertz CT molecular complexity index is 1530. The molecule has 1 aliphatic heterocycles. The standard InChI is InChI=1S/C22H20N4O4S/c1-4-31(28,29)24-14-5-8-19-17(9-14)18-12-25(2)22(27)16-7-6-15(21(30-19)20(16)18)13-10-23-26(3)11-13/h5-12,24H,4H2,1-3H3. The van der Waals surface area contributed by atoms with Gasteiger partial charge in [0.05, 0.1) is 17.3 Å². The Morgan fingerprint density at radius 3 is 2.58 bits per heavy atom. The number of aromatic nitrogens is 3. The van der Waals surface area contributed by atoms with Crippen molar-refractivity contribution < 1.29 is 13.2 Å². The summed E-state index contributed by atoms with van der Waals surface area (Å²) in [6.45, 7) is 1.58. The molecule has 0 aliphatic carbocycles. The molecule has 0 saturated carbocycles. The number of pyridine rings is 1. The fourth-order valence-electron chi connectivity index (χ4n) is 3.89. The number of anilines is 1. The van der Waals surface area contributed by atoms with Crippen molar-refractivity contribution in [2.45, 2.75) is 6.92 Å². The predicted molar refractivity (Wildman–Crippen MR) is 120 cm³/mol. The van der Waals surface area contributed by atoms with Crippen LogP contribution in [0, 0.1) is 0 Å². The molecule has 2 aromatic heterocycles. The molecule has 158 valence electrons. The lowest BCUT2D eigenvalue weighted by atomic mass is 9.93. The number of aryl methyl sites for hydroxylation is 2. The summed E-state index contributed by atoms with van der Waals surface area (Å²) in [4.78, 5) is 12.8. The fraction of sp³-hybridized carbons (Fsp3) is 0.182. The van der Waals surface area contributed by atoms with Gasteiger partial charge in [-0.25, -0.2) is 8.42 Å². The van der Waals surface area contributed by atoms with Gasteiger partial charge in [0.15, 0.2) is 0 Å². The number of benzene rings is 2. The zero-order valence-electron chi connectivity index (χ0n) is 17.2. The molecule has 31 heavy (non-hydrogen) atoms. The summed E-state index contributed by atoms with van der Waals surface area (Å²) in [5.74, 6) is 1.15. The van der Waals surface area contributed by atoms with E-state index in [1.807, 2.05) is 19.3 Å². The van der Waals surface area contributed by atoms with Gasteiger partial charge < -0.3 is 9.30 Å². The van der Waals surface area contributed by atoms with Gasteiger partial charge >= 0.3 is 0 Å². The van der Waals surface area contributed by atoms with Crippen molar-refractivity contribution in [3.05, 3.63) is 59.3 Å². The second kappa shape index (κ2) is 6.71. The van der Waals surface area contributed by atoms with E-state index in [-0.39, 0.29) is 11.3 Å². The molecule has 1 aliphatic rings. The first-order chi connectivity index (χ1) is 14.8. The maximum Gasteiger partial charge on any atom is 0.258 e. The highest BCUT2D eigenvalue weighted by atomic mass is 32.2. The zero-order chi connectivity index (χ0) is 21.9. The lowest BCUT2D eigenvalue weighted by Gasteiger charge is -2.24. The van der Waals surface area contributed by atoms with Crippen LogP contribution in [-0.2, 0) is 24.1 Å². The average molecular weight is 436 g/mol. The van der Waals surface area contributed by atoms with Crippen LogP contribution in [0.15, 0.2) is 53.7 Å². The minimum atomic E-state index is -3.42. The normalized spacial score (nSPS) is 12.5. The molecule has 4 aromatic rings. The number of hydrogen-bond donors (Lipinski definition) is 1. The van der Waals surface area contributed by atoms with E-state index in [9.17, 15) is 13.2 Å². The quantitative estimate of drug-likeness (QED) is 0.465. The first kappa shape index (κ1) is 19.4. The number of hydrogen-bond acceptors (Lipinski definition) is 5. The Kier molecular flexibility index (Phi) is 4.19. The van der Waals surface area contributed by atoms with Gasteiger partial charge in [-0.3, -0.25) is 14.2 Å². The molecular formula is C22H20N4O4S. The molecule has 1 N–H and O–H groups in total. The monoisotopic (exact) mass is 436 g/mol. The van der Waals surface area contributed by atoms with Crippen LogP contribution in [0.2, 0.25) is 0 Å². The third-order valence-corrected chi connectivity index (χ3v) is 6.76. The van der Waals surface area contributed by atoms with Crippen molar-refractivity contribution in [1.82, 2.24) is 14.3 Å². The van der Waals surface area contributed by atoms with Crippen molar-refractivity contribution in [3.63, 3.8) is 0 Å². The van der Waals surface area contributed by atoms with Crippen molar-refractivity contribution in [2.75, 3.05) is 10.5 Å². The van der Waals surface area contributed by atoms with E-state index in [0.717, 1.165) is 16.7 Å². The van der Waals surface area contributed by atoms with Crippen LogP contribution in [0.4, 0.5) is 5.69 Å². The van der Waals surface area contributed by atoms with E-state index >= 15 is 0 Å². The van der Waals surface area contributed by atoms with Crippen LogP contribution >= 0.6 is 0 Å². The van der Waals surface area contributed by atoms with Gasteiger partial charge in [-0.05, 0) is 37.3 Å². The second-order valence-corrected chi connectivity index (χ2v) is 9.56. The smallest absolute Gasteiger partial charge is 0.258 e. The van der Waals surface area contributed by atoms with Gasteiger partial charge in [-0.2, -0.15) is 5.10 Å². The Balaban J connectivity index is 1.80. The number of ether oxygens (including phenoxy) is 1. The summed E-state index contributed by atoms with van der Waals surface area (Å²) in [7, 11) is 0.118. The molecule has 3 heterocycles. The molecule has 0 atom stereocenters. The Morgan fingerprint density at radius 2 is 1.87 bits per heavy atom. The van der Waals surface area contributed by atoms with E-state index in [1.54, 1.807) is 55.3 Å². The summed E-state index contributed by atoms with van der Waals surface area (Å²) in [5.41, 5.74) is 3.54. The van der Waals surface area contributed by atoms with Gasteiger partial charge in [0.2, 0.25) is 10.0 Å². The minimum Gasteiger partial charge on any atom is -0.455 e. The van der Waals surface area contributed by atoms with Crippen LogP contribution in [0.5, 0.6) is 11.5 Å². The number of fused-ring (bicyclic) bond motifs is 2. The number of nitrogens with zero attached hydrogens (tertiary/aromatic N) is 3. The van der Waals surface area contributed by atoms with Gasteiger partial charge in [0, 0.05) is 59.8 Å². The molecule has 0 amide bonds. The highest BCUT2D eigenvalue weighted by Crippen LogP contribution is 2.50. The zero-order valence-corrected chi connectivity index (χ0v) is 18.0. The molecular weight excluding hydrogens is 416 g/mol.